The number of anilines is 1. The molecule has 0 aliphatic carbocycles. The van der Waals surface area contributed by atoms with Gasteiger partial charge in [0.15, 0.2) is 0 Å². The molecule has 5 nitrogen and oxygen atoms in total. The van der Waals surface area contributed by atoms with E-state index in [4.69, 9.17) is 9.84 Å². The zero-order valence-electron chi connectivity index (χ0n) is 10.4. The molecule has 0 aromatic heterocycles. The molecular weight excluding hydrogens is 234 g/mol. The number of rotatable bonds is 5. The summed E-state index contributed by atoms with van der Waals surface area (Å²) in [5.41, 5.74) is 0.566. The Bertz CT molecular complexity index is 405. The third-order valence-electron chi connectivity index (χ3n) is 2.66. The van der Waals surface area contributed by atoms with Crippen molar-refractivity contribution in [3.05, 3.63) is 30.3 Å². The molecule has 0 radical (unpaired) electrons. The van der Waals surface area contributed by atoms with E-state index in [1.165, 1.54) is 0 Å². The maximum absolute atomic E-state index is 11.6. The molecule has 2 atom stereocenters. The van der Waals surface area contributed by atoms with Gasteiger partial charge in [0.2, 0.25) is 6.10 Å². The van der Waals surface area contributed by atoms with E-state index >= 15 is 0 Å². The average molecular weight is 251 g/mol. The van der Waals surface area contributed by atoms with Crippen LogP contribution in [0.1, 0.15) is 20.3 Å². The van der Waals surface area contributed by atoms with E-state index in [2.05, 4.69) is 5.32 Å². The van der Waals surface area contributed by atoms with Crippen LogP contribution in [0.25, 0.3) is 0 Å². The van der Waals surface area contributed by atoms with Gasteiger partial charge in [-0.2, -0.15) is 0 Å². The van der Waals surface area contributed by atoms with Gasteiger partial charge in [-0.3, -0.25) is 5.32 Å². The van der Waals surface area contributed by atoms with Crippen LogP contribution in [0, 0.1) is 5.92 Å². The Balaban J connectivity index is 2.60. The molecule has 0 fully saturated rings. The first-order valence-electron chi connectivity index (χ1n) is 5.80. The van der Waals surface area contributed by atoms with Gasteiger partial charge in [-0.15, -0.1) is 0 Å². The topological polar surface area (TPSA) is 75.6 Å². The normalized spacial score (nSPS) is 13.4. The number of carboxylic acids is 1. The Kier molecular flexibility index (Phi) is 5.17. The number of carbonyl (C=O) groups excluding carboxylic acids is 1. The Hall–Kier alpha value is -2.04. The maximum Gasteiger partial charge on any atom is 0.412 e. The van der Waals surface area contributed by atoms with Crippen LogP contribution in [0.15, 0.2) is 30.3 Å². The Morgan fingerprint density at radius 2 is 1.94 bits per heavy atom. The Labute approximate surface area is 106 Å². The number of ether oxygens (including phenoxy) is 1. The molecule has 0 spiro atoms. The van der Waals surface area contributed by atoms with E-state index in [9.17, 15) is 9.59 Å². The summed E-state index contributed by atoms with van der Waals surface area (Å²) in [6.07, 6.45) is -1.26. The fraction of sp³-hybridized carbons (Fsp3) is 0.385. The molecule has 18 heavy (non-hydrogen) atoms. The monoisotopic (exact) mass is 251 g/mol. The number of hydrogen-bond donors (Lipinski definition) is 2. The first kappa shape index (κ1) is 14.0. The minimum Gasteiger partial charge on any atom is -0.478 e. The molecule has 0 saturated carbocycles. The highest BCUT2D eigenvalue weighted by Gasteiger charge is 2.27. The first-order chi connectivity index (χ1) is 8.54. The molecule has 0 heterocycles. The molecule has 0 bridgehead atoms. The highest BCUT2D eigenvalue weighted by atomic mass is 16.6. The van der Waals surface area contributed by atoms with E-state index in [1.807, 2.05) is 13.0 Å². The van der Waals surface area contributed by atoms with Gasteiger partial charge in [0.25, 0.3) is 0 Å². The SMILES string of the molecule is CC[C@H](C)[C@H](OC(=O)Nc1ccccc1)C(=O)O. The number of para-hydroxylation sites is 1. The number of hydrogen-bond acceptors (Lipinski definition) is 3. The highest BCUT2D eigenvalue weighted by Crippen LogP contribution is 2.13. The quantitative estimate of drug-likeness (QED) is 0.843. The predicted octanol–water partition coefficient (Wildman–Crippen LogP) is 2.73. The standard InChI is InChI=1S/C13H17NO4/c1-3-9(2)11(12(15)16)18-13(17)14-10-7-5-4-6-8-10/h4-9,11H,3H2,1-2H3,(H,14,17)(H,15,16)/t9-,11-/m0/s1. The fourth-order valence-corrected chi connectivity index (χ4v) is 1.41. The lowest BCUT2D eigenvalue weighted by molar-refractivity contribution is -0.149. The number of nitrogens with one attached hydrogen (secondary N) is 1. The lowest BCUT2D eigenvalue weighted by Gasteiger charge is -2.19. The molecule has 1 rings (SSSR count). The molecule has 0 aliphatic rings. The third-order valence-corrected chi connectivity index (χ3v) is 2.66. The van der Waals surface area contributed by atoms with Crippen molar-refractivity contribution >= 4 is 17.7 Å². The van der Waals surface area contributed by atoms with Crippen molar-refractivity contribution in [2.75, 3.05) is 5.32 Å². The maximum atomic E-state index is 11.6. The summed E-state index contributed by atoms with van der Waals surface area (Å²) < 4.78 is 4.92. The molecule has 1 aromatic rings. The van der Waals surface area contributed by atoms with Crippen LogP contribution in [0.4, 0.5) is 10.5 Å². The lowest BCUT2D eigenvalue weighted by Crippen LogP contribution is -2.34. The number of benzene rings is 1. The Morgan fingerprint density at radius 1 is 1.33 bits per heavy atom. The minimum absolute atomic E-state index is 0.232. The number of amides is 1. The molecule has 5 heteroatoms. The van der Waals surface area contributed by atoms with E-state index in [1.54, 1.807) is 31.2 Å². The number of carbonyl (C=O) groups is 2. The Morgan fingerprint density at radius 3 is 2.44 bits per heavy atom. The zero-order chi connectivity index (χ0) is 13.5. The van der Waals surface area contributed by atoms with Gasteiger partial charge in [-0.1, -0.05) is 32.0 Å². The molecule has 98 valence electrons. The lowest BCUT2D eigenvalue weighted by atomic mass is 10.0. The second-order valence-corrected chi connectivity index (χ2v) is 4.04. The van der Waals surface area contributed by atoms with Gasteiger partial charge in [0.05, 0.1) is 0 Å². The highest BCUT2D eigenvalue weighted by molar-refractivity contribution is 5.86. The summed E-state index contributed by atoms with van der Waals surface area (Å²) in [6, 6.07) is 8.73. The summed E-state index contributed by atoms with van der Waals surface area (Å²) in [6.45, 7) is 3.58. The predicted molar refractivity (Wildman–Crippen MR) is 67.4 cm³/mol. The van der Waals surface area contributed by atoms with Crippen molar-refractivity contribution in [1.29, 1.82) is 0 Å². The molecule has 1 amide bonds. The molecule has 0 unspecified atom stereocenters. The zero-order valence-corrected chi connectivity index (χ0v) is 10.4. The summed E-state index contributed by atoms with van der Waals surface area (Å²) in [5.74, 6) is -1.36. The van der Waals surface area contributed by atoms with Crippen molar-refractivity contribution in [3.63, 3.8) is 0 Å². The summed E-state index contributed by atoms with van der Waals surface area (Å²) in [7, 11) is 0. The van der Waals surface area contributed by atoms with Crippen molar-refractivity contribution in [3.8, 4) is 0 Å². The van der Waals surface area contributed by atoms with E-state index in [0.717, 1.165) is 0 Å². The second-order valence-electron chi connectivity index (χ2n) is 4.04. The second kappa shape index (κ2) is 6.64. The van der Waals surface area contributed by atoms with Crippen LogP contribution in [-0.4, -0.2) is 23.3 Å². The summed E-state index contributed by atoms with van der Waals surface area (Å²) in [5, 5.41) is 11.5. The van der Waals surface area contributed by atoms with Crippen LogP contribution in [0.5, 0.6) is 0 Å². The number of aliphatic carboxylic acids is 1. The van der Waals surface area contributed by atoms with Crippen LogP contribution >= 0.6 is 0 Å². The smallest absolute Gasteiger partial charge is 0.412 e. The largest absolute Gasteiger partial charge is 0.478 e. The average Bonchev–Trinajstić information content (AvgIpc) is 2.36. The van der Waals surface area contributed by atoms with Gasteiger partial charge in [0, 0.05) is 11.6 Å². The van der Waals surface area contributed by atoms with Gasteiger partial charge in [-0.05, 0) is 18.6 Å². The molecule has 0 aliphatic heterocycles. The first-order valence-corrected chi connectivity index (χ1v) is 5.80. The molecule has 1 aromatic carbocycles. The van der Waals surface area contributed by atoms with Crippen LogP contribution in [0.2, 0.25) is 0 Å². The molecular formula is C13H17NO4. The fourth-order valence-electron chi connectivity index (χ4n) is 1.41. The van der Waals surface area contributed by atoms with E-state index in [0.29, 0.717) is 12.1 Å². The van der Waals surface area contributed by atoms with E-state index in [-0.39, 0.29) is 5.92 Å². The van der Waals surface area contributed by atoms with Crippen molar-refractivity contribution < 1.29 is 19.4 Å². The van der Waals surface area contributed by atoms with Gasteiger partial charge < -0.3 is 9.84 Å². The third kappa shape index (κ3) is 4.08. The van der Waals surface area contributed by atoms with Crippen molar-refractivity contribution in [2.45, 2.75) is 26.4 Å². The van der Waals surface area contributed by atoms with Gasteiger partial charge in [0.1, 0.15) is 0 Å². The van der Waals surface area contributed by atoms with Crippen molar-refractivity contribution in [2.24, 2.45) is 5.92 Å². The van der Waals surface area contributed by atoms with Crippen molar-refractivity contribution in [1.82, 2.24) is 0 Å². The summed E-state index contributed by atoms with van der Waals surface area (Å²) >= 11 is 0. The van der Waals surface area contributed by atoms with Crippen LogP contribution < -0.4 is 5.32 Å². The van der Waals surface area contributed by atoms with Crippen LogP contribution in [0.3, 0.4) is 0 Å². The van der Waals surface area contributed by atoms with Gasteiger partial charge in [-0.25, -0.2) is 9.59 Å². The minimum atomic E-state index is -1.13. The van der Waals surface area contributed by atoms with E-state index < -0.39 is 18.2 Å². The molecule has 2 N–H and O–H groups in total. The summed E-state index contributed by atoms with van der Waals surface area (Å²) in [4.78, 5) is 22.5. The molecule has 0 saturated heterocycles. The number of carboxylic acid groups (broad SMARTS) is 1. The van der Waals surface area contributed by atoms with Crippen LogP contribution in [-0.2, 0) is 9.53 Å². The van der Waals surface area contributed by atoms with Gasteiger partial charge >= 0.3 is 12.1 Å².